The van der Waals surface area contributed by atoms with Crippen LogP contribution in [0.4, 0.5) is 0 Å². The van der Waals surface area contributed by atoms with Gasteiger partial charge in [0.1, 0.15) is 0 Å². The third-order valence-corrected chi connectivity index (χ3v) is 2.40. The first-order valence-corrected chi connectivity index (χ1v) is 4.98. The van der Waals surface area contributed by atoms with E-state index in [1.54, 1.807) is 0 Å². The van der Waals surface area contributed by atoms with Gasteiger partial charge in [-0.1, -0.05) is 12.2 Å². The van der Waals surface area contributed by atoms with Crippen molar-refractivity contribution in [2.24, 2.45) is 11.7 Å². The summed E-state index contributed by atoms with van der Waals surface area (Å²) in [6.07, 6.45) is 5.00. The second-order valence-corrected chi connectivity index (χ2v) is 3.81. The Balaban J connectivity index is 2.32. The van der Waals surface area contributed by atoms with Crippen LogP contribution in [-0.4, -0.2) is 29.7 Å². The van der Waals surface area contributed by atoms with Gasteiger partial charge in [0.25, 0.3) is 0 Å². The van der Waals surface area contributed by atoms with E-state index < -0.39 is 0 Å². The van der Waals surface area contributed by atoms with Crippen molar-refractivity contribution in [3.63, 3.8) is 0 Å². The lowest BCUT2D eigenvalue weighted by Gasteiger charge is -2.15. The van der Waals surface area contributed by atoms with Crippen molar-refractivity contribution in [1.29, 1.82) is 0 Å². The Morgan fingerprint density at radius 3 is 2.93 bits per heavy atom. The van der Waals surface area contributed by atoms with E-state index in [1.165, 1.54) is 0 Å². The Morgan fingerprint density at radius 1 is 1.71 bits per heavy atom. The third-order valence-electron chi connectivity index (χ3n) is 2.40. The first-order chi connectivity index (χ1) is 6.63. The average molecular weight is 198 g/mol. The summed E-state index contributed by atoms with van der Waals surface area (Å²) < 4.78 is 0. The summed E-state index contributed by atoms with van der Waals surface area (Å²) in [5.41, 5.74) is 5.65. The molecule has 0 aromatic carbocycles. The van der Waals surface area contributed by atoms with E-state index in [0.717, 1.165) is 0 Å². The predicted molar refractivity (Wildman–Crippen MR) is 54.5 cm³/mol. The summed E-state index contributed by atoms with van der Waals surface area (Å²) in [5.74, 6) is -0.0821. The van der Waals surface area contributed by atoms with Gasteiger partial charge in [-0.3, -0.25) is 4.79 Å². The molecule has 4 nitrogen and oxygen atoms in total. The smallest absolute Gasteiger partial charge is 0.227 e. The van der Waals surface area contributed by atoms with Crippen LogP contribution < -0.4 is 11.1 Å². The van der Waals surface area contributed by atoms with Crippen LogP contribution in [0.1, 0.15) is 19.8 Å². The normalized spacial score (nSPS) is 27.6. The lowest BCUT2D eigenvalue weighted by Crippen LogP contribution is -2.37. The minimum atomic E-state index is -0.0915. The summed E-state index contributed by atoms with van der Waals surface area (Å²) in [5, 5.41) is 11.5. The zero-order valence-electron chi connectivity index (χ0n) is 8.44. The predicted octanol–water partition coefficient (Wildman–Crippen LogP) is -0.223. The van der Waals surface area contributed by atoms with Crippen molar-refractivity contribution in [1.82, 2.24) is 5.32 Å². The van der Waals surface area contributed by atoms with Crippen LogP contribution in [-0.2, 0) is 4.79 Å². The number of amides is 1. The van der Waals surface area contributed by atoms with Crippen molar-refractivity contribution in [3.05, 3.63) is 12.2 Å². The molecule has 3 atom stereocenters. The molecule has 4 heteroatoms. The highest BCUT2D eigenvalue weighted by Crippen LogP contribution is 2.16. The molecule has 1 aliphatic rings. The van der Waals surface area contributed by atoms with Crippen LogP contribution in [0, 0.1) is 5.92 Å². The Labute approximate surface area is 84.2 Å². The minimum absolute atomic E-state index is 0.00940. The van der Waals surface area contributed by atoms with Crippen LogP contribution in [0.5, 0.6) is 0 Å². The fourth-order valence-electron chi connectivity index (χ4n) is 1.54. The molecule has 4 N–H and O–H groups in total. The molecule has 1 rings (SSSR count). The molecule has 1 aliphatic carbocycles. The molecule has 14 heavy (non-hydrogen) atoms. The van der Waals surface area contributed by atoms with E-state index in [0.29, 0.717) is 12.8 Å². The lowest BCUT2D eigenvalue weighted by atomic mass is 10.1. The fraction of sp³-hybridized carbons (Fsp3) is 0.700. The van der Waals surface area contributed by atoms with Gasteiger partial charge in [-0.25, -0.2) is 0 Å². The molecule has 0 saturated heterocycles. The van der Waals surface area contributed by atoms with Crippen LogP contribution in [0.3, 0.4) is 0 Å². The summed E-state index contributed by atoms with van der Waals surface area (Å²) in [6.45, 7) is 1.98. The topological polar surface area (TPSA) is 75.3 Å². The van der Waals surface area contributed by atoms with Gasteiger partial charge in [-0.15, -0.1) is 0 Å². The van der Waals surface area contributed by atoms with Gasteiger partial charge in [-0.05, 0) is 19.8 Å². The van der Waals surface area contributed by atoms with Crippen molar-refractivity contribution in [2.45, 2.75) is 31.8 Å². The molecular formula is C10H18N2O2. The molecule has 0 radical (unpaired) electrons. The van der Waals surface area contributed by atoms with Gasteiger partial charge in [-0.2, -0.15) is 0 Å². The zero-order valence-corrected chi connectivity index (χ0v) is 8.44. The monoisotopic (exact) mass is 198 g/mol. The molecule has 0 aromatic rings. The SMILES string of the molecule is CC(CCO)NC(=O)C1C=CC(N)C1. The highest BCUT2D eigenvalue weighted by molar-refractivity contribution is 5.81. The first kappa shape index (κ1) is 11.2. The standard InChI is InChI=1S/C10H18N2O2/c1-7(4-5-13)12-10(14)8-2-3-9(11)6-8/h2-3,7-9,13H,4-6,11H2,1H3,(H,12,14). The zero-order chi connectivity index (χ0) is 10.6. The largest absolute Gasteiger partial charge is 0.396 e. The Bertz CT molecular complexity index is 228. The quantitative estimate of drug-likeness (QED) is 0.546. The third kappa shape index (κ3) is 3.12. The highest BCUT2D eigenvalue weighted by Gasteiger charge is 2.23. The molecule has 0 fully saturated rings. The number of hydrogen-bond donors (Lipinski definition) is 3. The number of nitrogens with one attached hydrogen (secondary N) is 1. The molecule has 0 saturated carbocycles. The van der Waals surface area contributed by atoms with Gasteiger partial charge in [0.2, 0.25) is 5.91 Å². The summed E-state index contributed by atoms with van der Waals surface area (Å²) in [7, 11) is 0. The Morgan fingerprint density at radius 2 is 2.43 bits per heavy atom. The lowest BCUT2D eigenvalue weighted by molar-refractivity contribution is -0.124. The van der Waals surface area contributed by atoms with Gasteiger partial charge in [0, 0.05) is 18.7 Å². The fourth-order valence-corrected chi connectivity index (χ4v) is 1.54. The average Bonchev–Trinajstić information content (AvgIpc) is 2.52. The van der Waals surface area contributed by atoms with E-state index in [1.807, 2.05) is 19.1 Å². The molecular weight excluding hydrogens is 180 g/mol. The number of nitrogens with two attached hydrogens (primary N) is 1. The first-order valence-electron chi connectivity index (χ1n) is 4.98. The van der Waals surface area contributed by atoms with Crippen molar-refractivity contribution in [3.8, 4) is 0 Å². The van der Waals surface area contributed by atoms with Crippen LogP contribution in [0.15, 0.2) is 12.2 Å². The van der Waals surface area contributed by atoms with E-state index >= 15 is 0 Å². The molecule has 3 unspecified atom stereocenters. The Kier molecular flexibility index (Phi) is 4.10. The van der Waals surface area contributed by atoms with Crippen molar-refractivity contribution in [2.75, 3.05) is 6.61 Å². The van der Waals surface area contributed by atoms with Gasteiger partial charge >= 0.3 is 0 Å². The van der Waals surface area contributed by atoms with Crippen molar-refractivity contribution >= 4 is 5.91 Å². The summed E-state index contributed by atoms with van der Waals surface area (Å²) >= 11 is 0. The van der Waals surface area contributed by atoms with E-state index in [9.17, 15) is 4.79 Å². The number of carbonyl (C=O) groups excluding carboxylic acids is 1. The van der Waals surface area contributed by atoms with E-state index in [4.69, 9.17) is 10.8 Å². The number of aliphatic hydroxyl groups excluding tert-OH is 1. The molecule has 0 spiro atoms. The molecule has 0 bridgehead atoms. The van der Waals surface area contributed by atoms with Gasteiger partial charge in [0.05, 0.1) is 5.92 Å². The van der Waals surface area contributed by atoms with Gasteiger partial charge < -0.3 is 16.2 Å². The number of rotatable bonds is 4. The maximum Gasteiger partial charge on any atom is 0.227 e. The number of hydrogen-bond acceptors (Lipinski definition) is 3. The van der Waals surface area contributed by atoms with E-state index in [2.05, 4.69) is 5.32 Å². The maximum absolute atomic E-state index is 11.6. The number of aliphatic hydroxyl groups is 1. The van der Waals surface area contributed by atoms with Crippen molar-refractivity contribution < 1.29 is 9.90 Å². The summed E-state index contributed by atoms with van der Waals surface area (Å²) in [4.78, 5) is 11.6. The molecule has 0 aliphatic heterocycles. The molecule has 80 valence electrons. The number of carbonyl (C=O) groups is 1. The summed E-state index contributed by atoms with van der Waals surface area (Å²) in [6, 6.07) is 0.0385. The second kappa shape index (κ2) is 5.12. The van der Waals surface area contributed by atoms with Crippen LogP contribution in [0.25, 0.3) is 0 Å². The maximum atomic E-state index is 11.6. The Hall–Kier alpha value is -0.870. The van der Waals surface area contributed by atoms with Crippen LogP contribution >= 0.6 is 0 Å². The minimum Gasteiger partial charge on any atom is -0.396 e. The van der Waals surface area contributed by atoms with E-state index in [-0.39, 0.29) is 30.5 Å². The molecule has 0 heterocycles. The molecule has 0 aromatic heterocycles. The van der Waals surface area contributed by atoms with Crippen LogP contribution in [0.2, 0.25) is 0 Å². The second-order valence-electron chi connectivity index (χ2n) is 3.81. The molecule has 1 amide bonds. The van der Waals surface area contributed by atoms with Gasteiger partial charge in [0.15, 0.2) is 0 Å². The highest BCUT2D eigenvalue weighted by atomic mass is 16.3.